The van der Waals surface area contributed by atoms with Crippen LogP contribution in [-0.4, -0.2) is 49.3 Å². The fourth-order valence-electron chi connectivity index (χ4n) is 3.59. The minimum absolute atomic E-state index is 0.247. The first-order chi connectivity index (χ1) is 9.13. The third kappa shape index (κ3) is 3.93. The molecule has 114 valence electrons. The molecule has 3 nitrogen and oxygen atoms in total. The lowest BCUT2D eigenvalue weighted by atomic mass is 9.77. The third-order valence-electron chi connectivity index (χ3n) is 5.06. The molecule has 1 N–H and O–H groups in total. The van der Waals surface area contributed by atoms with Gasteiger partial charge in [0.25, 0.3) is 0 Å². The zero-order valence-corrected chi connectivity index (χ0v) is 13.7. The van der Waals surface area contributed by atoms with Crippen LogP contribution in [0.2, 0.25) is 0 Å². The average molecular weight is 270 g/mol. The summed E-state index contributed by atoms with van der Waals surface area (Å²) in [5.74, 6) is 0.757. The minimum atomic E-state index is 0.247. The highest BCUT2D eigenvalue weighted by atomic mass is 16.5. The van der Waals surface area contributed by atoms with E-state index in [0.29, 0.717) is 6.04 Å². The van der Waals surface area contributed by atoms with Crippen molar-refractivity contribution in [3.05, 3.63) is 0 Å². The molecule has 2 unspecified atom stereocenters. The molecule has 0 bridgehead atoms. The molecule has 1 saturated heterocycles. The number of likely N-dealkylation sites (N-methyl/N-ethyl adjacent to an activating group) is 1. The summed E-state index contributed by atoms with van der Waals surface area (Å²) in [5.41, 5.74) is 0.247. The maximum atomic E-state index is 5.53. The van der Waals surface area contributed by atoms with Gasteiger partial charge in [-0.3, -0.25) is 4.90 Å². The molecular formula is C16H34N2O. The Labute approximate surface area is 120 Å². The molecule has 1 rings (SSSR count). The van der Waals surface area contributed by atoms with E-state index in [-0.39, 0.29) is 5.54 Å². The molecule has 0 spiro atoms. The van der Waals surface area contributed by atoms with Crippen LogP contribution in [0.3, 0.4) is 0 Å². The number of morpholine rings is 1. The number of nitrogens with zero attached hydrogens (tertiary/aromatic N) is 1. The SMILES string of the molecule is CCNC(C(CC)CC)C(C)(CC)N1CCOCC1. The van der Waals surface area contributed by atoms with E-state index in [2.05, 4.69) is 44.8 Å². The van der Waals surface area contributed by atoms with Gasteiger partial charge in [0.2, 0.25) is 0 Å². The summed E-state index contributed by atoms with van der Waals surface area (Å²) in [6.45, 7) is 16.6. The lowest BCUT2D eigenvalue weighted by molar-refractivity contribution is -0.0415. The second-order valence-electron chi connectivity index (χ2n) is 5.92. The molecule has 0 amide bonds. The van der Waals surface area contributed by atoms with Gasteiger partial charge in [-0.1, -0.05) is 40.5 Å². The highest BCUT2D eigenvalue weighted by molar-refractivity contribution is 4.99. The van der Waals surface area contributed by atoms with Crippen LogP contribution in [0.15, 0.2) is 0 Å². The third-order valence-corrected chi connectivity index (χ3v) is 5.06. The van der Waals surface area contributed by atoms with Gasteiger partial charge in [0.05, 0.1) is 13.2 Å². The van der Waals surface area contributed by atoms with Gasteiger partial charge >= 0.3 is 0 Å². The summed E-state index contributed by atoms with van der Waals surface area (Å²) in [6.07, 6.45) is 3.71. The molecule has 1 aliphatic rings. The van der Waals surface area contributed by atoms with E-state index in [4.69, 9.17) is 4.74 Å². The largest absolute Gasteiger partial charge is 0.379 e. The molecule has 0 aromatic carbocycles. The van der Waals surface area contributed by atoms with Crippen molar-refractivity contribution in [1.82, 2.24) is 10.2 Å². The van der Waals surface area contributed by atoms with Crippen molar-refractivity contribution in [3.8, 4) is 0 Å². The van der Waals surface area contributed by atoms with Gasteiger partial charge in [0.15, 0.2) is 0 Å². The Bertz CT molecular complexity index is 237. The molecule has 1 heterocycles. The van der Waals surface area contributed by atoms with Gasteiger partial charge in [0, 0.05) is 24.7 Å². The number of rotatable bonds is 8. The predicted octanol–water partition coefficient (Wildman–Crippen LogP) is 2.90. The number of hydrogen-bond donors (Lipinski definition) is 1. The molecule has 0 aliphatic carbocycles. The maximum absolute atomic E-state index is 5.53. The van der Waals surface area contributed by atoms with Crippen molar-refractivity contribution in [1.29, 1.82) is 0 Å². The summed E-state index contributed by atoms with van der Waals surface area (Å²) >= 11 is 0. The summed E-state index contributed by atoms with van der Waals surface area (Å²) in [6, 6.07) is 0.579. The monoisotopic (exact) mass is 270 g/mol. The molecule has 19 heavy (non-hydrogen) atoms. The summed E-state index contributed by atoms with van der Waals surface area (Å²) < 4.78 is 5.53. The molecule has 1 aliphatic heterocycles. The molecule has 2 atom stereocenters. The van der Waals surface area contributed by atoms with Crippen molar-refractivity contribution >= 4 is 0 Å². The summed E-state index contributed by atoms with van der Waals surface area (Å²) in [4.78, 5) is 2.65. The Kier molecular flexibility index (Phi) is 7.33. The quantitative estimate of drug-likeness (QED) is 0.734. The van der Waals surface area contributed by atoms with Crippen molar-refractivity contribution < 1.29 is 4.74 Å². The number of ether oxygens (including phenoxy) is 1. The van der Waals surface area contributed by atoms with Crippen LogP contribution in [0, 0.1) is 5.92 Å². The van der Waals surface area contributed by atoms with Crippen LogP contribution in [-0.2, 0) is 4.74 Å². The first-order valence-electron chi connectivity index (χ1n) is 8.20. The lowest BCUT2D eigenvalue weighted by Gasteiger charge is -2.50. The molecule has 3 heteroatoms. The van der Waals surface area contributed by atoms with Gasteiger partial charge in [-0.2, -0.15) is 0 Å². The maximum Gasteiger partial charge on any atom is 0.0594 e. The van der Waals surface area contributed by atoms with Gasteiger partial charge < -0.3 is 10.1 Å². The van der Waals surface area contributed by atoms with Crippen LogP contribution in [0.1, 0.15) is 53.9 Å². The van der Waals surface area contributed by atoms with E-state index >= 15 is 0 Å². The van der Waals surface area contributed by atoms with Crippen LogP contribution in [0.4, 0.5) is 0 Å². The van der Waals surface area contributed by atoms with Gasteiger partial charge in [0.1, 0.15) is 0 Å². The predicted molar refractivity (Wildman–Crippen MR) is 82.6 cm³/mol. The molecular weight excluding hydrogens is 236 g/mol. The Hall–Kier alpha value is -0.120. The van der Waals surface area contributed by atoms with Crippen molar-refractivity contribution in [2.45, 2.75) is 65.5 Å². The van der Waals surface area contributed by atoms with Crippen LogP contribution in [0.25, 0.3) is 0 Å². The van der Waals surface area contributed by atoms with Crippen molar-refractivity contribution in [2.24, 2.45) is 5.92 Å². The highest BCUT2D eigenvalue weighted by Gasteiger charge is 2.41. The van der Waals surface area contributed by atoms with Gasteiger partial charge in [-0.25, -0.2) is 0 Å². The molecule has 0 radical (unpaired) electrons. The van der Waals surface area contributed by atoms with E-state index in [1.54, 1.807) is 0 Å². The Balaban J connectivity index is 2.91. The summed E-state index contributed by atoms with van der Waals surface area (Å²) in [7, 11) is 0. The van der Waals surface area contributed by atoms with Crippen LogP contribution in [0.5, 0.6) is 0 Å². The van der Waals surface area contributed by atoms with Crippen LogP contribution < -0.4 is 5.32 Å². The first kappa shape index (κ1) is 16.9. The van der Waals surface area contributed by atoms with E-state index in [0.717, 1.165) is 38.8 Å². The van der Waals surface area contributed by atoms with Crippen LogP contribution >= 0.6 is 0 Å². The van der Waals surface area contributed by atoms with Crippen molar-refractivity contribution in [2.75, 3.05) is 32.8 Å². The topological polar surface area (TPSA) is 24.5 Å². The second kappa shape index (κ2) is 8.23. The van der Waals surface area contributed by atoms with Gasteiger partial charge in [-0.15, -0.1) is 0 Å². The number of hydrogen-bond acceptors (Lipinski definition) is 3. The fraction of sp³-hybridized carbons (Fsp3) is 1.00. The molecule has 0 aromatic rings. The summed E-state index contributed by atoms with van der Waals surface area (Å²) in [5, 5.41) is 3.79. The molecule has 0 saturated carbocycles. The zero-order valence-electron chi connectivity index (χ0n) is 13.7. The van der Waals surface area contributed by atoms with Gasteiger partial charge in [-0.05, 0) is 25.8 Å². The molecule has 0 aromatic heterocycles. The minimum Gasteiger partial charge on any atom is -0.379 e. The normalized spacial score (nSPS) is 22.4. The zero-order chi connectivity index (χ0) is 14.3. The smallest absolute Gasteiger partial charge is 0.0594 e. The Morgan fingerprint density at radius 3 is 2.11 bits per heavy atom. The first-order valence-corrected chi connectivity index (χ1v) is 8.20. The van der Waals surface area contributed by atoms with E-state index in [1.165, 1.54) is 19.3 Å². The fourth-order valence-corrected chi connectivity index (χ4v) is 3.59. The Morgan fingerprint density at radius 1 is 1.11 bits per heavy atom. The van der Waals surface area contributed by atoms with E-state index < -0.39 is 0 Å². The van der Waals surface area contributed by atoms with E-state index in [9.17, 15) is 0 Å². The lowest BCUT2D eigenvalue weighted by Crippen LogP contribution is -2.64. The average Bonchev–Trinajstić information content (AvgIpc) is 2.47. The highest BCUT2D eigenvalue weighted by Crippen LogP contribution is 2.31. The van der Waals surface area contributed by atoms with E-state index in [1.807, 2.05) is 0 Å². The van der Waals surface area contributed by atoms with Crippen molar-refractivity contribution in [3.63, 3.8) is 0 Å². The Morgan fingerprint density at radius 2 is 1.68 bits per heavy atom. The second-order valence-corrected chi connectivity index (χ2v) is 5.92. The number of nitrogens with one attached hydrogen (secondary N) is 1. The standard InChI is InChI=1S/C16H34N2O/c1-6-14(7-2)15(17-9-4)16(5,8-3)18-10-12-19-13-11-18/h14-15,17H,6-13H2,1-5H3. The molecule has 1 fully saturated rings.